The van der Waals surface area contributed by atoms with Crippen LogP contribution in [-0.4, -0.2) is 25.2 Å². The van der Waals surface area contributed by atoms with E-state index in [1.807, 2.05) is 13.8 Å². The maximum atomic E-state index is 11.5. The molecule has 0 spiro atoms. The monoisotopic (exact) mass is 199 g/mol. The first kappa shape index (κ1) is 11.5. The minimum Gasteiger partial charge on any atom is -0.466 e. The molecule has 1 fully saturated rings. The average molecular weight is 199 g/mol. The lowest BCUT2D eigenvalue weighted by Crippen LogP contribution is -2.38. The second-order valence-corrected chi connectivity index (χ2v) is 3.95. The number of nitrogens with one attached hydrogen (secondary N) is 1. The molecule has 1 aliphatic rings. The van der Waals surface area contributed by atoms with E-state index < -0.39 is 0 Å². The zero-order valence-corrected chi connectivity index (χ0v) is 9.21. The third kappa shape index (κ3) is 3.29. The van der Waals surface area contributed by atoms with Gasteiger partial charge in [0.15, 0.2) is 0 Å². The Morgan fingerprint density at radius 2 is 2.29 bits per heavy atom. The highest BCUT2D eigenvalue weighted by Gasteiger charge is 2.25. The van der Waals surface area contributed by atoms with E-state index in [0.29, 0.717) is 12.6 Å². The van der Waals surface area contributed by atoms with Crippen molar-refractivity contribution < 1.29 is 9.53 Å². The summed E-state index contributed by atoms with van der Waals surface area (Å²) in [6.45, 7) is 5.33. The Morgan fingerprint density at radius 1 is 1.50 bits per heavy atom. The van der Waals surface area contributed by atoms with Crippen LogP contribution in [0.1, 0.15) is 39.5 Å². The number of hydrogen-bond acceptors (Lipinski definition) is 3. The zero-order valence-electron chi connectivity index (χ0n) is 9.21. The van der Waals surface area contributed by atoms with Gasteiger partial charge >= 0.3 is 5.97 Å². The molecule has 14 heavy (non-hydrogen) atoms. The molecule has 1 saturated heterocycles. The van der Waals surface area contributed by atoms with Crippen molar-refractivity contribution in [2.45, 2.75) is 45.6 Å². The van der Waals surface area contributed by atoms with Gasteiger partial charge in [0.2, 0.25) is 0 Å². The SMILES string of the molecule is CCOC(=O)C(C)C1CCCCCN1. The van der Waals surface area contributed by atoms with Crippen molar-refractivity contribution in [3.05, 3.63) is 0 Å². The van der Waals surface area contributed by atoms with Crippen LogP contribution in [0.3, 0.4) is 0 Å². The fourth-order valence-corrected chi connectivity index (χ4v) is 1.92. The molecule has 1 heterocycles. The predicted octanol–water partition coefficient (Wildman–Crippen LogP) is 1.72. The van der Waals surface area contributed by atoms with Gasteiger partial charge in [-0.05, 0) is 26.3 Å². The lowest BCUT2D eigenvalue weighted by molar-refractivity contribution is -0.148. The van der Waals surface area contributed by atoms with Crippen molar-refractivity contribution in [3.63, 3.8) is 0 Å². The van der Waals surface area contributed by atoms with Crippen LogP contribution in [-0.2, 0) is 9.53 Å². The topological polar surface area (TPSA) is 38.3 Å². The summed E-state index contributed by atoms with van der Waals surface area (Å²) in [5, 5.41) is 3.42. The minimum absolute atomic E-state index is 0.00644. The highest BCUT2D eigenvalue weighted by atomic mass is 16.5. The molecule has 1 N–H and O–H groups in total. The summed E-state index contributed by atoms with van der Waals surface area (Å²) in [5.41, 5.74) is 0. The van der Waals surface area contributed by atoms with Crippen molar-refractivity contribution >= 4 is 5.97 Å². The molecule has 3 heteroatoms. The molecule has 2 unspecified atom stereocenters. The van der Waals surface area contributed by atoms with E-state index in [2.05, 4.69) is 5.32 Å². The van der Waals surface area contributed by atoms with Crippen molar-refractivity contribution in [2.75, 3.05) is 13.2 Å². The smallest absolute Gasteiger partial charge is 0.310 e. The Balaban J connectivity index is 2.40. The van der Waals surface area contributed by atoms with Gasteiger partial charge in [0.1, 0.15) is 0 Å². The number of carbonyl (C=O) groups excluding carboxylic acids is 1. The second-order valence-electron chi connectivity index (χ2n) is 3.95. The van der Waals surface area contributed by atoms with E-state index in [-0.39, 0.29) is 11.9 Å². The van der Waals surface area contributed by atoms with E-state index >= 15 is 0 Å². The molecule has 0 saturated carbocycles. The van der Waals surface area contributed by atoms with Crippen LogP contribution >= 0.6 is 0 Å². The molecule has 0 aromatic heterocycles. The van der Waals surface area contributed by atoms with E-state index in [9.17, 15) is 4.79 Å². The summed E-state index contributed by atoms with van der Waals surface area (Å²) in [5.74, 6) is -0.0695. The van der Waals surface area contributed by atoms with Crippen LogP contribution in [0.15, 0.2) is 0 Å². The molecule has 0 amide bonds. The predicted molar refractivity (Wildman–Crippen MR) is 56.1 cm³/mol. The van der Waals surface area contributed by atoms with Crippen molar-refractivity contribution in [1.29, 1.82) is 0 Å². The van der Waals surface area contributed by atoms with Crippen LogP contribution in [0.2, 0.25) is 0 Å². The van der Waals surface area contributed by atoms with Gasteiger partial charge < -0.3 is 10.1 Å². The Kier molecular flexibility index (Phi) is 4.94. The van der Waals surface area contributed by atoms with Crippen LogP contribution < -0.4 is 5.32 Å². The molecule has 82 valence electrons. The molecular formula is C11H21NO2. The Morgan fingerprint density at radius 3 is 3.00 bits per heavy atom. The van der Waals surface area contributed by atoms with Crippen molar-refractivity contribution in [2.24, 2.45) is 5.92 Å². The zero-order chi connectivity index (χ0) is 10.4. The summed E-state index contributed by atoms with van der Waals surface area (Å²) in [6, 6.07) is 0.316. The Hall–Kier alpha value is -0.570. The fourth-order valence-electron chi connectivity index (χ4n) is 1.92. The van der Waals surface area contributed by atoms with Gasteiger partial charge in [0.25, 0.3) is 0 Å². The van der Waals surface area contributed by atoms with Crippen LogP contribution in [0.4, 0.5) is 0 Å². The largest absolute Gasteiger partial charge is 0.466 e. The molecule has 3 nitrogen and oxygen atoms in total. The first-order valence-corrected chi connectivity index (χ1v) is 5.65. The summed E-state index contributed by atoms with van der Waals surface area (Å²) >= 11 is 0. The van der Waals surface area contributed by atoms with E-state index in [4.69, 9.17) is 4.74 Å². The lowest BCUT2D eigenvalue weighted by atomic mass is 9.98. The third-order valence-corrected chi connectivity index (χ3v) is 2.86. The number of ether oxygens (including phenoxy) is 1. The van der Waals surface area contributed by atoms with Gasteiger partial charge in [-0.25, -0.2) is 0 Å². The molecule has 0 aliphatic carbocycles. The molecule has 0 radical (unpaired) electrons. The van der Waals surface area contributed by atoms with Gasteiger partial charge in [-0.3, -0.25) is 4.79 Å². The maximum absolute atomic E-state index is 11.5. The van der Waals surface area contributed by atoms with Gasteiger partial charge in [0.05, 0.1) is 12.5 Å². The van der Waals surface area contributed by atoms with Crippen LogP contribution in [0.5, 0.6) is 0 Å². The summed E-state index contributed by atoms with van der Waals surface area (Å²) in [6.07, 6.45) is 4.83. The molecule has 0 bridgehead atoms. The first-order chi connectivity index (χ1) is 6.75. The summed E-state index contributed by atoms with van der Waals surface area (Å²) < 4.78 is 5.02. The van der Waals surface area contributed by atoms with Gasteiger partial charge in [-0.2, -0.15) is 0 Å². The van der Waals surface area contributed by atoms with Crippen molar-refractivity contribution in [1.82, 2.24) is 5.32 Å². The Bertz CT molecular complexity index is 174. The molecular weight excluding hydrogens is 178 g/mol. The normalized spacial score (nSPS) is 25.1. The van der Waals surface area contributed by atoms with E-state index in [0.717, 1.165) is 13.0 Å². The number of hydrogen-bond donors (Lipinski definition) is 1. The fraction of sp³-hybridized carbons (Fsp3) is 0.909. The number of carbonyl (C=O) groups is 1. The molecule has 1 aliphatic heterocycles. The Labute approximate surface area is 86.2 Å². The van der Waals surface area contributed by atoms with Crippen LogP contribution in [0, 0.1) is 5.92 Å². The third-order valence-electron chi connectivity index (χ3n) is 2.86. The molecule has 2 atom stereocenters. The van der Waals surface area contributed by atoms with E-state index in [1.54, 1.807) is 0 Å². The summed E-state index contributed by atoms with van der Waals surface area (Å²) in [4.78, 5) is 11.5. The average Bonchev–Trinajstić information content (AvgIpc) is 2.45. The molecule has 1 rings (SSSR count). The first-order valence-electron chi connectivity index (χ1n) is 5.65. The van der Waals surface area contributed by atoms with Crippen LogP contribution in [0.25, 0.3) is 0 Å². The lowest BCUT2D eigenvalue weighted by Gasteiger charge is -2.21. The highest BCUT2D eigenvalue weighted by molar-refractivity contribution is 5.72. The highest BCUT2D eigenvalue weighted by Crippen LogP contribution is 2.16. The van der Waals surface area contributed by atoms with Gasteiger partial charge in [-0.1, -0.05) is 19.8 Å². The number of rotatable bonds is 3. The standard InChI is InChI=1S/C11H21NO2/c1-3-14-11(13)9(2)10-7-5-4-6-8-12-10/h9-10,12H,3-8H2,1-2H3. The quantitative estimate of drug-likeness (QED) is 0.703. The maximum Gasteiger partial charge on any atom is 0.310 e. The van der Waals surface area contributed by atoms with Gasteiger partial charge in [-0.15, -0.1) is 0 Å². The van der Waals surface area contributed by atoms with E-state index in [1.165, 1.54) is 19.3 Å². The van der Waals surface area contributed by atoms with Gasteiger partial charge in [0, 0.05) is 6.04 Å². The molecule has 0 aromatic carbocycles. The minimum atomic E-state index is -0.0631. The van der Waals surface area contributed by atoms with Crippen molar-refractivity contribution in [3.8, 4) is 0 Å². The molecule has 0 aromatic rings. The number of esters is 1. The summed E-state index contributed by atoms with van der Waals surface area (Å²) in [7, 11) is 0. The second kappa shape index (κ2) is 6.02.